The first kappa shape index (κ1) is 15.3. The summed E-state index contributed by atoms with van der Waals surface area (Å²) in [5.74, 6) is 8.11. The van der Waals surface area contributed by atoms with Gasteiger partial charge in [0, 0.05) is 17.7 Å². The highest BCUT2D eigenvalue weighted by atomic mass is 35.5. The summed E-state index contributed by atoms with van der Waals surface area (Å²) < 4.78 is 5.14. The van der Waals surface area contributed by atoms with Crippen LogP contribution in [0.25, 0.3) is 0 Å². The average molecular weight is 308 g/mol. The lowest BCUT2D eigenvalue weighted by Gasteiger charge is -2.14. The van der Waals surface area contributed by atoms with Gasteiger partial charge in [0.25, 0.3) is 0 Å². The zero-order valence-electron chi connectivity index (χ0n) is 12.2. The number of methoxy groups -OCH3 is 1. The summed E-state index contributed by atoms with van der Waals surface area (Å²) in [6.45, 7) is 3.88. The fourth-order valence-corrected chi connectivity index (χ4v) is 2.12. The van der Waals surface area contributed by atoms with Gasteiger partial charge in [0.1, 0.15) is 23.2 Å². The number of aryl methyl sites for hydroxylation is 1. The summed E-state index contributed by atoms with van der Waals surface area (Å²) in [6.07, 6.45) is 0.715. The van der Waals surface area contributed by atoms with E-state index in [1.807, 2.05) is 19.9 Å². The molecule has 0 aliphatic carbocycles. The quantitative estimate of drug-likeness (QED) is 0.581. The maximum absolute atomic E-state index is 6.12. The number of anilines is 3. The number of hydrogen-bond acceptors (Lipinski definition) is 6. The number of hydrogen-bond donors (Lipinski definition) is 3. The maximum atomic E-state index is 6.12. The van der Waals surface area contributed by atoms with Crippen molar-refractivity contribution in [3.8, 4) is 5.75 Å². The first-order chi connectivity index (χ1) is 10.1. The van der Waals surface area contributed by atoms with Crippen molar-refractivity contribution in [3.05, 3.63) is 34.6 Å². The number of benzene rings is 1. The van der Waals surface area contributed by atoms with Crippen LogP contribution in [0.15, 0.2) is 18.2 Å². The van der Waals surface area contributed by atoms with E-state index >= 15 is 0 Å². The summed E-state index contributed by atoms with van der Waals surface area (Å²) >= 11 is 6.12. The van der Waals surface area contributed by atoms with Crippen molar-refractivity contribution < 1.29 is 4.74 Å². The van der Waals surface area contributed by atoms with E-state index in [2.05, 4.69) is 20.7 Å². The van der Waals surface area contributed by atoms with Crippen LogP contribution in [-0.4, -0.2) is 17.1 Å². The van der Waals surface area contributed by atoms with Crippen molar-refractivity contribution in [1.29, 1.82) is 0 Å². The molecule has 0 bridgehead atoms. The summed E-state index contributed by atoms with van der Waals surface area (Å²) in [6, 6.07) is 5.44. The number of nitrogens with two attached hydrogens (primary N) is 1. The fraction of sp³-hybridized carbons (Fsp3) is 0.286. The van der Waals surface area contributed by atoms with Gasteiger partial charge in [-0.1, -0.05) is 18.5 Å². The molecule has 2 aromatic rings. The van der Waals surface area contributed by atoms with Gasteiger partial charge in [-0.15, -0.1) is 0 Å². The van der Waals surface area contributed by atoms with Crippen molar-refractivity contribution in [2.45, 2.75) is 20.3 Å². The van der Waals surface area contributed by atoms with Gasteiger partial charge in [-0.25, -0.2) is 15.8 Å². The van der Waals surface area contributed by atoms with Crippen molar-refractivity contribution in [3.63, 3.8) is 0 Å². The van der Waals surface area contributed by atoms with Gasteiger partial charge in [0.2, 0.25) is 0 Å². The fourth-order valence-electron chi connectivity index (χ4n) is 1.86. The summed E-state index contributed by atoms with van der Waals surface area (Å²) in [5, 5.41) is 3.76. The number of rotatable bonds is 5. The Balaban J connectivity index is 2.36. The molecule has 0 amide bonds. The lowest BCUT2D eigenvalue weighted by atomic mass is 10.2. The molecule has 0 unspecified atom stereocenters. The Labute approximate surface area is 128 Å². The molecule has 0 saturated heterocycles. The van der Waals surface area contributed by atoms with E-state index in [1.165, 1.54) is 0 Å². The number of nitrogens with one attached hydrogen (secondary N) is 2. The molecule has 4 N–H and O–H groups in total. The van der Waals surface area contributed by atoms with Gasteiger partial charge in [-0.2, -0.15) is 0 Å². The largest absolute Gasteiger partial charge is 0.495 e. The number of halogens is 1. The molecule has 0 aliphatic rings. The third-order valence-electron chi connectivity index (χ3n) is 3.06. The average Bonchev–Trinajstić information content (AvgIpc) is 2.49. The van der Waals surface area contributed by atoms with Crippen LogP contribution < -0.4 is 21.3 Å². The van der Waals surface area contributed by atoms with E-state index in [-0.39, 0.29) is 0 Å². The van der Waals surface area contributed by atoms with Crippen molar-refractivity contribution in [2.24, 2.45) is 5.84 Å². The Bertz CT molecular complexity index is 648. The highest BCUT2D eigenvalue weighted by Crippen LogP contribution is 2.30. The normalized spacial score (nSPS) is 10.3. The number of nitrogens with zero attached hydrogens (tertiary/aromatic N) is 2. The molecule has 7 heteroatoms. The molecule has 1 aromatic carbocycles. The van der Waals surface area contributed by atoms with Gasteiger partial charge in [0.05, 0.1) is 12.1 Å². The van der Waals surface area contributed by atoms with Gasteiger partial charge in [0.15, 0.2) is 0 Å². The van der Waals surface area contributed by atoms with Crippen LogP contribution >= 0.6 is 11.6 Å². The van der Waals surface area contributed by atoms with Crippen molar-refractivity contribution in [2.75, 3.05) is 17.9 Å². The van der Waals surface area contributed by atoms with Gasteiger partial charge >= 0.3 is 0 Å². The van der Waals surface area contributed by atoms with Crippen LogP contribution in [0.3, 0.4) is 0 Å². The van der Waals surface area contributed by atoms with Gasteiger partial charge in [-0.05, 0) is 25.1 Å². The Morgan fingerprint density at radius 2 is 2.00 bits per heavy atom. The lowest BCUT2D eigenvalue weighted by molar-refractivity contribution is 0.415. The van der Waals surface area contributed by atoms with E-state index < -0.39 is 0 Å². The highest BCUT2D eigenvalue weighted by Gasteiger charge is 2.10. The monoisotopic (exact) mass is 307 g/mol. The predicted octanol–water partition coefficient (Wildman–Crippen LogP) is 3.04. The van der Waals surface area contributed by atoms with Crippen molar-refractivity contribution in [1.82, 2.24) is 9.97 Å². The minimum Gasteiger partial charge on any atom is -0.495 e. The zero-order chi connectivity index (χ0) is 15.4. The molecule has 1 aromatic heterocycles. The van der Waals surface area contributed by atoms with E-state index in [0.29, 0.717) is 34.7 Å². The molecule has 0 saturated carbocycles. The molecule has 0 aliphatic heterocycles. The van der Waals surface area contributed by atoms with E-state index in [0.717, 1.165) is 11.3 Å². The summed E-state index contributed by atoms with van der Waals surface area (Å²) in [7, 11) is 1.58. The van der Waals surface area contributed by atoms with Crippen LogP contribution in [0.5, 0.6) is 5.75 Å². The zero-order valence-corrected chi connectivity index (χ0v) is 13.0. The third-order valence-corrected chi connectivity index (χ3v) is 3.35. The van der Waals surface area contributed by atoms with Crippen LogP contribution in [0.4, 0.5) is 17.3 Å². The van der Waals surface area contributed by atoms with Crippen LogP contribution in [0, 0.1) is 6.92 Å². The van der Waals surface area contributed by atoms with Gasteiger partial charge < -0.3 is 15.5 Å². The summed E-state index contributed by atoms with van der Waals surface area (Å²) in [5.41, 5.74) is 4.24. The maximum Gasteiger partial charge on any atom is 0.148 e. The Kier molecular flexibility index (Phi) is 4.82. The molecular formula is C14H18ClN5O. The third kappa shape index (κ3) is 3.34. The molecule has 0 atom stereocenters. The minimum atomic E-state index is 0.530. The van der Waals surface area contributed by atoms with Crippen LogP contribution in [0.1, 0.15) is 18.3 Å². The molecule has 0 radical (unpaired) electrons. The first-order valence-corrected chi connectivity index (χ1v) is 6.91. The smallest absolute Gasteiger partial charge is 0.148 e. The van der Waals surface area contributed by atoms with E-state index in [1.54, 1.807) is 19.2 Å². The lowest BCUT2D eigenvalue weighted by Crippen LogP contribution is -2.13. The molecule has 6 nitrogen and oxygen atoms in total. The van der Waals surface area contributed by atoms with Crippen molar-refractivity contribution >= 4 is 28.9 Å². The van der Waals surface area contributed by atoms with E-state index in [4.69, 9.17) is 22.2 Å². The SMILES string of the molecule is CCc1nc(NN)c(C)c(Nc2ccc(OC)c(Cl)c2)n1. The predicted molar refractivity (Wildman–Crippen MR) is 85.2 cm³/mol. The Morgan fingerprint density at radius 1 is 1.29 bits per heavy atom. The molecular weight excluding hydrogens is 290 g/mol. The number of nitrogen functional groups attached to an aromatic ring is 1. The number of hydrazine groups is 1. The Morgan fingerprint density at radius 3 is 2.57 bits per heavy atom. The molecule has 2 rings (SSSR count). The van der Waals surface area contributed by atoms with Gasteiger partial charge in [-0.3, -0.25) is 0 Å². The first-order valence-electron chi connectivity index (χ1n) is 6.53. The standard InChI is InChI=1S/C14H18ClN5O/c1-4-12-18-13(8(2)14(19-12)20-16)17-9-5-6-11(21-3)10(15)7-9/h5-7H,4,16H2,1-3H3,(H2,17,18,19,20). The summed E-state index contributed by atoms with van der Waals surface area (Å²) in [4.78, 5) is 8.80. The highest BCUT2D eigenvalue weighted by molar-refractivity contribution is 6.32. The second-order valence-corrected chi connectivity index (χ2v) is 4.84. The molecule has 0 fully saturated rings. The molecule has 0 spiro atoms. The number of aromatic nitrogens is 2. The topological polar surface area (TPSA) is 85.1 Å². The second kappa shape index (κ2) is 6.60. The van der Waals surface area contributed by atoms with Crippen LogP contribution in [0.2, 0.25) is 5.02 Å². The number of ether oxygens (including phenoxy) is 1. The molecule has 21 heavy (non-hydrogen) atoms. The van der Waals surface area contributed by atoms with E-state index in [9.17, 15) is 0 Å². The molecule has 1 heterocycles. The van der Waals surface area contributed by atoms with Crippen LogP contribution in [-0.2, 0) is 6.42 Å². The minimum absolute atomic E-state index is 0.530. The second-order valence-electron chi connectivity index (χ2n) is 4.43. The Hall–Kier alpha value is -2.05. The molecule has 112 valence electrons.